The Morgan fingerprint density at radius 2 is 1.55 bits per heavy atom. The largest absolute Gasteiger partial charge is 0.399 e. The molecule has 2 aromatic rings. The smallest absolute Gasteiger partial charge is 0.187 e. The molecule has 0 saturated carbocycles. The second-order valence-electron chi connectivity index (χ2n) is 4.20. The molecule has 5 N–H and O–H groups in total. The molecule has 0 fully saturated rings. The van der Waals surface area contributed by atoms with E-state index in [9.17, 15) is 8.76 Å². The predicted octanol–water partition coefficient (Wildman–Crippen LogP) is 2.89. The highest BCUT2D eigenvalue weighted by atomic mass is 32.2. The molecule has 0 amide bonds. The fourth-order valence-electron chi connectivity index (χ4n) is 1.72. The van der Waals surface area contributed by atoms with Crippen LogP contribution in [-0.2, 0) is 11.1 Å². The number of benzene rings is 2. The summed E-state index contributed by atoms with van der Waals surface area (Å²) in [5.74, 6) is 0. The normalized spacial score (nSPS) is 12.7. The van der Waals surface area contributed by atoms with Gasteiger partial charge in [-0.1, -0.05) is 24.3 Å². The van der Waals surface area contributed by atoms with Crippen molar-refractivity contribution < 1.29 is 8.76 Å². The third kappa shape index (κ3) is 3.41. The maximum absolute atomic E-state index is 11.3. The molecule has 0 spiro atoms. The van der Waals surface area contributed by atoms with Crippen LogP contribution in [0.25, 0.3) is 12.2 Å². The van der Waals surface area contributed by atoms with Crippen LogP contribution in [0.15, 0.2) is 46.2 Å². The van der Waals surface area contributed by atoms with Gasteiger partial charge in [0.05, 0.1) is 4.90 Å². The van der Waals surface area contributed by atoms with Gasteiger partial charge >= 0.3 is 0 Å². The monoisotopic (exact) mass is 306 g/mol. The molecule has 6 heteroatoms. The summed E-state index contributed by atoms with van der Waals surface area (Å²) < 4.78 is 20.6. The average Bonchev–Trinajstić information content (AvgIpc) is 2.38. The van der Waals surface area contributed by atoms with Crippen molar-refractivity contribution in [2.24, 2.45) is 0 Å². The second-order valence-corrected chi connectivity index (χ2v) is 5.62. The first-order chi connectivity index (χ1) is 9.47. The molecule has 0 aliphatic heterocycles. The van der Waals surface area contributed by atoms with Gasteiger partial charge in [-0.3, -0.25) is 0 Å². The van der Waals surface area contributed by atoms with Crippen molar-refractivity contribution in [3.8, 4) is 0 Å². The van der Waals surface area contributed by atoms with E-state index in [-0.39, 0.29) is 4.90 Å². The highest BCUT2D eigenvalue weighted by Gasteiger charge is 2.06. The summed E-state index contributed by atoms with van der Waals surface area (Å²) in [6.07, 6.45) is 3.55. The lowest BCUT2D eigenvalue weighted by Crippen LogP contribution is -1.95. The summed E-state index contributed by atoms with van der Waals surface area (Å²) in [4.78, 5) is 1.01. The van der Waals surface area contributed by atoms with Crippen LogP contribution in [0.3, 0.4) is 0 Å². The van der Waals surface area contributed by atoms with E-state index >= 15 is 0 Å². The minimum Gasteiger partial charge on any atom is -0.399 e. The minimum atomic E-state index is -2.09. The molecule has 0 radical (unpaired) electrons. The number of rotatable bonds is 3. The van der Waals surface area contributed by atoms with E-state index in [2.05, 4.69) is 12.6 Å². The van der Waals surface area contributed by atoms with Crippen molar-refractivity contribution in [3.05, 3.63) is 47.5 Å². The molecular weight excluding hydrogens is 292 g/mol. The van der Waals surface area contributed by atoms with Gasteiger partial charge in [0.15, 0.2) is 11.1 Å². The van der Waals surface area contributed by atoms with Crippen LogP contribution in [0, 0.1) is 0 Å². The first-order valence-corrected chi connectivity index (χ1v) is 7.30. The molecule has 104 valence electrons. The Labute approximate surface area is 125 Å². The summed E-state index contributed by atoms with van der Waals surface area (Å²) >= 11 is 2.25. The number of nitrogens with two attached hydrogens (primary N) is 2. The summed E-state index contributed by atoms with van der Waals surface area (Å²) in [5.41, 5.74) is 13.9. The zero-order valence-electron chi connectivity index (χ0n) is 10.5. The lowest BCUT2D eigenvalue weighted by atomic mass is 10.1. The van der Waals surface area contributed by atoms with Crippen LogP contribution in [0.1, 0.15) is 11.1 Å². The lowest BCUT2D eigenvalue weighted by molar-refractivity contribution is 0.564. The molecule has 0 aliphatic carbocycles. The fraction of sp³-hybridized carbons (Fsp3) is 0. The van der Waals surface area contributed by atoms with E-state index in [4.69, 9.17) is 11.5 Å². The van der Waals surface area contributed by atoms with Crippen molar-refractivity contribution in [1.82, 2.24) is 0 Å². The lowest BCUT2D eigenvalue weighted by Gasteiger charge is -2.04. The number of nitrogen functional groups attached to an aromatic ring is 2. The number of hydrogen-bond donors (Lipinski definition) is 4. The van der Waals surface area contributed by atoms with E-state index in [1.54, 1.807) is 30.3 Å². The number of anilines is 2. The standard InChI is InChI=1S/C14H14N2O2S2/c15-11-5-3-9(13(19)7-11)1-2-10-4-6-12(16)8-14(10)20(17)18/h1-8,19H,15-16H2,(H,17,18)/b2-1+. The van der Waals surface area contributed by atoms with Crippen LogP contribution in [0.4, 0.5) is 11.4 Å². The quantitative estimate of drug-likeness (QED) is 0.304. The van der Waals surface area contributed by atoms with Crippen LogP contribution >= 0.6 is 12.6 Å². The Morgan fingerprint density at radius 3 is 2.15 bits per heavy atom. The van der Waals surface area contributed by atoms with Gasteiger partial charge in [-0.05, 0) is 35.4 Å². The molecule has 0 aliphatic rings. The van der Waals surface area contributed by atoms with E-state index in [1.165, 1.54) is 6.07 Å². The van der Waals surface area contributed by atoms with Crippen LogP contribution in [0.2, 0.25) is 0 Å². The third-order valence-corrected chi connectivity index (χ3v) is 3.84. The zero-order valence-corrected chi connectivity index (χ0v) is 12.2. The molecule has 2 rings (SSSR count). The second kappa shape index (κ2) is 6.13. The summed E-state index contributed by atoms with van der Waals surface area (Å²) in [6.45, 7) is 0. The predicted molar refractivity (Wildman–Crippen MR) is 86.9 cm³/mol. The Balaban J connectivity index is 2.38. The molecule has 0 heterocycles. The van der Waals surface area contributed by atoms with Crippen molar-refractivity contribution >= 4 is 47.2 Å². The average molecular weight is 306 g/mol. The molecule has 0 aromatic heterocycles. The van der Waals surface area contributed by atoms with Crippen LogP contribution in [0.5, 0.6) is 0 Å². The van der Waals surface area contributed by atoms with Gasteiger partial charge in [-0.25, -0.2) is 4.21 Å². The maximum Gasteiger partial charge on any atom is 0.187 e. The van der Waals surface area contributed by atoms with Crippen molar-refractivity contribution in [2.75, 3.05) is 11.5 Å². The van der Waals surface area contributed by atoms with Gasteiger partial charge in [-0.2, -0.15) is 0 Å². The maximum atomic E-state index is 11.3. The molecule has 2 aromatic carbocycles. The van der Waals surface area contributed by atoms with Gasteiger partial charge in [0.2, 0.25) is 0 Å². The van der Waals surface area contributed by atoms with E-state index in [1.807, 2.05) is 12.1 Å². The van der Waals surface area contributed by atoms with E-state index in [0.29, 0.717) is 16.9 Å². The highest BCUT2D eigenvalue weighted by Crippen LogP contribution is 2.22. The summed E-state index contributed by atoms with van der Waals surface area (Å²) in [5, 5.41) is 0. The summed E-state index contributed by atoms with van der Waals surface area (Å²) in [6, 6.07) is 10.2. The minimum absolute atomic E-state index is 0.275. The van der Waals surface area contributed by atoms with Gasteiger partial charge in [0.1, 0.15) is 0 Å². The molecule has 0 saturated heterocycles. The fourth-order valence-corrected chi connectivity index (χ4v) is 2.59. The molecule has 1 atom stereocenters. The van der Waals surface area contributed by atoms with E-state index < -0.39 is 11.1 Å². The van der Waals surface area contributed by atoms with Crippen LogP contribution in [-0.4, -0.2) is 8.76 Å². The van der Waals surface area contributed by atoms with Gasteiger partial charge in [0, 0.05) is 16.3 Å². The Kier molecular flexibility index (Phi) is 4.49. The topological polar surface area (TPSA) is 89.3 Å². The van der Waals surface area contributed by atoms with Gasteiger partial charge in [0.25, 0.3) is 0 Å². The van der Waals surface area contributed by atoms with Crippen molar-refractivity contribution in [3.63, 3.8) is 0 Å². The SMILES string of the molecule is Nc1ccc(/C=C/c2ccc(N)cc2S(=O)O)c(S)c1. The Hall–Kier alpha value is -1.76. The Morgan fingerprint density at radius 1 is 1.00 bits per heavy atom. The van der Waals surface area contributed by atoms with Crippen molar-refractivity contribution in [1.29, 1.82) is 0 Å². The zero-order chi connectivity index (χ0) is 14.7. The van der Waals surface area contributed by atoms with Gasteiger partial charge in [-0.15, -0.1) is 12.6 Å². The first kappa shape index (κ1) is 14.6. The molecule has 4 nitrogen and oxygen atoms in total. The van der Waals surface area contributed by atoms with Crippen molar-refractivity contribution in [2.45, 2.75) is 9.79 Å². The molecule has 0 bridgehead atoms. The van der Waals surface area contributed by atoms with Crippen LogP contribution < -0.4 is 11.5 Å². The molecule has 20 heavy (non-hydrogen) atoms. The highest BCUT2D eigenvalue weighted by molar-refractivity contribution is 7.80. The molecule has 1 unspecified atom stereocenters. The Bertz CT molecular complexity index is 700. The van der Waals surface area contributed by atoms with E-state index in [0.717, 1.165) is 10.5 Å². The molecular formula is C14H14N2O2S2. The summed E-state index contributed by atoms with van der Waals surface area (Å²) in [7, 11) is 0. The first-order valence-electron chi connectivity index (χ1n) is 5.74. The van der Waals surface area contributed by atoms with Gasteiger partial charge < -0.3 is 16.0 Å². The third-order valence-electron chi connectivity index (χ3n) is 2.72. The number of thiol groups is 1. The number of hydrogen-bond acceptors (Lipinski definition) is 4.